The molecule has 0 amide bonds. The molecule has 3 nitrogen and oxygen atoms in total. The van der Waals surface area contributed by atoms with E-state index >= 15 is 0 Å². The van der Waals surface area contributed by atoms with E-state index in [0.29, 0.717) is 23.0 Å². The number of thioether (sulfide) groups is 1. The van der Waals surface area contributed by atoms with Gasteiger partial charge in [-0.25, -0.2) is 9.97 Å². The second kappa shape index (κ2) is 6.30. The second-order valence-electron chi connectivity index (χ2n) is 3.07. The van der Waals surface area contributed by atoms with E-state index in [1.54, 1.807) is 0 Å². The number of nitrogens with one attached hydrogen (secondary N) is 1. The molecule has 0 unspecified atom stereocenters. The van der Waals surface area contributed by atoms with Crippen LogP contribution in [-0.4, -0.2) is 27.8 Å². The Bertz CT molecular complexity index is 373. The lowest BCUT2D eigenvalue weighted by atomic mass is 10.2. The fourth-order valence-electron chi connectivity index (χ4n) is 1.19. The fourth-order valence-corrected chi connectivity index (χ4v) is 1.90. The summed E-state index contributed by atoms with van der Waals surface area (Å²) >= 11 is 5.77. The van der Waals surface area contributed by atoms with E-state index in [-0.39, 0.29) is 24.1 Å². The number of aromatic nitrogens is 2. The van der Waals surface area contributed by atoms with Crippen LogP contribution in [0.3, 0.4) is 0 Å². The lowest BCUT2D eigenvalue weighted by Crippen LogP contribution is -2.12. The summed E-state index contributed by atoms with van der Waals surface area (Å²) in [5, 5.41) is 3.15. The Balaban J connectivity index is 2.49. The summed E-state index contributed by atoms with van der Waals surface area (Å²) in [5.41, 5.74) is -3.48. The predicted molar refractivity (Wildman–Crippen MR) is 63.4 cm³/mol. The molecule has 0 aliphatic heterocycles. The highest BCUT2D eigenvalue weighted by Crippen LogP contribution is 2.29. The predicted octanol–water partition coefficient (Wildman–Crippen LogP) is 3.36. The third-order valence-corrected chi connectivity index (χ3v) is 2.97. The highest BCUT2D eigenvalue weighted by molar-refractivity contribution is 8.00. The normalized spacial score (nSPS) is 11.6. The molecule has 0 aromatic carbocycles. The van der Waals surface area contributed by atoms with Gasteiger partial charge in [0.2, 0.25) is 0 Å². The molecule has 96 valence electrons. The number of alkyl halides is 3. The highest BCUT2D eigenvalue weighted by Gasteiger charge is 2.27. The third-order valence-electron chi connectivity index (χ3n) is 1.91. The van der Waals surface area contributed by atoms with Crippen LogP contribution in [0.15, 0.2) is 6.33 Å². The molecule has 1 N–H and O–H groups in total. The van der Waals surface area contributed by atoms with Crippen LogP contribution in [0.25, 0.3) is 0 Å². The molecular formula is C9H11ClF3N3S. The molecule has 0 saturated heterocycles. The maximum atomic E-state index is 11.9. The van der Waals surface area contributed by atoms with Crippen LogP contribution in [0, 0.1) is 0 Å². The van der Waals surface area contributed by atoms with Crippen LogP contribution in [0.4, 0.5) is 19.0 Å². The third kappa shape index (κ3) is 4.99. The molecule has 0 aliphatic carbocycles. The van der Waals surface area contributed by atoms with Crippen molar-refractivity contribution in [2.45, 2.75) is 18.9 Å². The molecular weight excluding hydrogens is 275 g/mol. The van der Waals surface area contributed by atoms with Crippen molar-refractivity contribution in [3.63, 3.8) is 0 Å². The van der Waals surface area contributed by atoms with Gasteiger partial charge >= 0.3 is 5.51 Å². The molecule has 0 radical (unpaired) electrons. The number of halogens is 4. The van der Waals surface area contributed by atoms with Gasteiger partial charge in [-0.15, -0.1) is 0 Å². The van der Waals surface area contributed by atoms with Crippen molar-refractivity contribution in [1.29, 1.82) is 0 Å². The summed E-state index contributed by atoms with van der Waals surface area (Å²) in [6.45, 7) is 2.05. The molecule has 0 saturated carbocycles. The van der Waals surface area contributed by atoms with E-state index in [1.165, 1.54) is 6.33 Å². The molecule has 0 bridgehead atoms. The van der Waals surface area contributed by atoms with Crippen molar-refractivity contribution in [2.24, 2.45) is 0 Å². The van der Waals surface area contributed by atoms with E-state index in [2.05, 4.69) is 15.3 Å². The molecule has 1 heterocycles. The standard InChI is InChI=1S/C9H11ClF3N3S/c1-2-6-7(10)15-5-16-8(6)14-3-4-17-9(11,12)13/h5H,2-4H2,1H3,(H,14,15,16). The average molecular weight is 286 g/mol. The van der Waals surface area contributed by atoms with Gasteiger partial charge in [0.25, 0.3) is 0 Å². The summed E-state index contributed by atoms with van der Waals surface area (Å²) < 4.78 is 35.6. The SMILES string of the molecule is CCc1c(Cl)ncnc1NCCSC(F)(F)F. The van der Waals surface area contributed by atoms with Gasteiger partial charge in [-0.05, 0) is 18.2 Å². The van der Waals surface area contributed by atoms with Crippen LogP contribution in [-0.2, 0) is 6.42 Å². The van der Waals surface area contributed by atoms with E-state index in [9.17, 15) is 13.2 Å². The topological polar surface area (TPSA) is 37.8 Å². The zero-order valence-electron chi connectivity index (χ0n) is 9.01. The first-order valence-electron chi connectivity index (χ1n) is 4.88. The first-order chi connectivity index (χ1) is 7.94. The maximum absolute atomic E-state index is 11.9. The summed E-state index contributed by atoms with van der Waals surface area (Å²) in [7, 11) is 0. The highest BCUT2D eigenvalue weighted by atomic mass is 35.5. The van der Waals surface area contributed by atoms with Crippen LogP contribution in [0.5, 0.6) is 0 Å². The number of anilines is 1. The zero-order chi connectivity index (χ0) is 12.9. The van der Waals surface area contributed by atoms with Crippen LogP contribution in [0.2, 0.25) is 5.15 Å². The van der Waals surface area contributed by atoms with Crippen LogP contribution >= 0.6 is 23.4 Å². The molecule has 0 atom stereocenters. The number of hydrogen-bond donors (Lipinski definition) is 1. The van der Waals surface area contributed by atoms with E-state index in [0.717, 1.165) is 0 Å². The lowest BCUT2D eigenvalue weighted by molar-refractivity contribution is -0.0327. The number of hydrogen-bond acceptors (Lipinski definition) is 4. The summed E-state index contributed by atoms with van der Waals surface area (Å²) in [6, 6.07) is 0. The second-order valence-corrected chi connectivity index (χ2v) is 4.58. The Morgan fingerprint density at radius 1 is 1.41 bits per heavy atom. The van der Waals surface area contributed by atoms with Crippen molar-refractivity contribution in [2.75, 3.05) is 17.6 Å². The maximum Gasteiger partial charge on any atom is 0.441 e. The Kier molecular flexibility index (Phi) is 5.32. The first kappa shape index (κ1) is 14.4. The summed E-state index contributed by atoms with van der Waals surface area (Å²) in [5.74, 6) is 0.421. The molecule has 17 heavy (non-hydrogen) atoms. The van der Waals surface area contributed by atoms with Gasteiger partial charge in [0.1, 0.15) is 17.3 Å². The summed E-state index contributed by atoms with van der Waals surface area (Å²) in [6.07, 6.45) is 1.90. The van der Waals surface area contributed by atoms with Gasteiger partial charge in [0.15, 0.2) is 0 Å². The van der Waals surface area contributed by atoms with E-state index < -0.39 is 5.51 Å². The largest absolute Gasteiger partial charge is 0.441 e. The van der Waals surface area contributed by atoms with Crippen LogP contribution < -0.4 is 5.32 Å². The quantitative estimate of drug-likeness (QED) is 0.665. The summed E-state index contributed by atoms with van der Waals surface area (Å²) in [4.78, 5) is 7.75. The molecule has 1 rings (SSSR count). The molecule has 0 aliphatic rings. The smallest absolute Gasteiger partial charge is 0.369 e. The van der Waals surface area contributed by atoms with Crippen molar-refractivity contribution < 1.29 is 13.2 Å². The number of nitrogens with zero attached hydrogens (tertiary/aromatic N) is 2. The van der Waals surface area contributed by atoms with Crippen molar-refractivity contribution in [3.05, 3.63) is 17.0 Å². The Hall–Kier alpha value is -0.690. The Morgan fingerprint density at radius 2 is 2.12 bits per heavy atom. The van der Waals surface area contributed by atoms with Crippen molar-refractivity contribution in [1.82, 2.24) is 9.97 Å². The molecule has 1 aromatic heterocycles. The first-order valence-corrected chi connectivity index (χ1v) is 6.24. The Labute approximate surface area is 106 Å². The van der Waals surface area contributed by atoms with Crippen molar-refractivity contribution in [3.8, 4) is 0 Å². The molecule has 0 spiro atoms. The van der Waals surface area contributed by atoms with Crippen LogP contribution in [0.1, 0.15) is 12.5 Å². The molecule has 8 heteroatoms. The zero-order valence-corrected chi connectivity index (χ0v) is 10.6. The Morgan fingerprint density at radius 3 is 2.71 bits per heavy atom. The van der Waals surface area contributed by atoms with Gasteiger partial charge in [0, 0.05) is 17.9 Å². The minimum atomic E-state index is -4.20. The van der Waals surface area contributed by atoms with E-state index in [4.69, 9.17) is 11.6 Å². The van der Waals surface area contributed by atoms with Gasteiger partial charge < -0.3 is 5.32 Å². The lowest BCUT2D eigenvalue weighted by Gasteiger charge is -2.10. The van der Waals surface area contributed by atoms with E-state index in [1.807, 2.05) is 6.92 Å². The average Bonchev–Trinajstić information content (AvgIpc) is 2.23. The monoisotopic (exact) mass is 285 g/mol. The minimum absolute atomic E-state index is 0.0684. The molecule has 1 aromatic rings. The van der Waals surface area contributed by atoms with Gasteiger partial charge in [-0.2, -0.15) is 13.2 Å². The number of rotatable bonds is 5. The fraction of sp³-hybridized carbons (Fsp3) is 0.556. The minimum Gasteiger partial charge on any atom is -0.369 e. The van der Waals surface area contributed by atoms with Gasteiger partial charge in [-0.3, -0.25) is 0 Å². The molecule has 0 fully saturated rings. The van der Waals surface area contributed by atoms with Gasteiger partial charge in [0.05, 0.1) is 0 Å². The van der Waals surface area contributed by atoms with Gasteiger partial charge in [-0.1, -0.05) is 18.5 Å². The van der Waals surface area contributed by atoms with Crippen molar-refractivity contribution >= 4 is 29.2 Å².